The van der Waals surface area contributed by atoms with Crippen molar-refractivity contribution in [3.63, 3.8) is 0 Å². The normalized spacial score (nSPS) is 12.5. The molecule has 0 aromatic carbocycles. The fraction of sp³-hybridized carbons (Fsp3) is 0.769. The second-order valence-corrected chi connectivity index (χ2v) is 20.2. The van der Waals surface area contributed by atoms with E-state index in [0.717, 1.165) is 96.3 Å². The van der Waals surface area contributed by atoms with Crippen LogP contribution in [-0.2, 0) is 28.6 Å². The Hall–Kier alpha value is -3.15. The van der Waals surface area contributed by atoms with Gasteiger partial charge in [0.1, 0.15) is 13.2 Å². The van der Waals surface area contributed by atoms with E-state index in [-0.39, 0.29) is 31.1 Å². The first kappa shape index (κ1) is 67.8. The SMILES string of the molecule is CC/C=C\C/C=C\C/C=C\CCCCCC(=O)OC(COC(=O)CCCCCCCCCCCCCCC)COC(=O)CCCCCCCCCCCCCC/C=C\C/C=C\C/C=C\CCCCCCC. The molecule has 1 atom stereocenters. The lowest BCUT2D eigenvalue weighted by Crippen LogP contribution is -2.30. The third kappa shape index (κ3) is 57.6. The van der Waals surface area contributed by atoms with Crippen LogP contribution in [-0.4, -0.2) is 37.2 Å². The molecule has 0 aliphatic rings. The maximum atomic E-state index is 12.8. The average Bonchev–Trinajstić information content (AvgIpc) is 3.37. The molecule has 0 saturated heterocycles. The Kier molecular flexibility index (Phi) is 56.8. The first-order valence-electron chi connectivity index (χ1n) is 30.4. The maximum Gasteiger partial charge on any atom is 0.306 e. The number of allylic oxidation sites excluding steroid dienone is 12. The Morgan fingerprint density at radius 2 is 0.549 bits per heavy atom. The van der Waals surface area contributed by atoms with Gasteiger partial charge in [-0.3, -0.25) is 14.4 Å². The topological polar surface area (TPSA) is 78.9 Å². The van der Waals surface area contributed by atoms with Gasteiger partial charge in [0.05, 0.1) is 0 Å². The molecule has 0 rings (SSSR count). The molecule has 0 aliphatic heterocycles. The highest BCUT2D eigenvalue weighted by atomic mass is 16.6. The van der Waals surface area contributed by atoms with Crippen molar-refractivity contribution in [2.45, 2.75) is 309 Å². The lowest BCUT2D eigenvalue weighted by molar-refractivity contribution is -0.167. The number of hydrogen-bond acceptors (Lipinski definition) is 6. The van der Waals surface area contributed by atoms with Gasteiger partial charge in [-0.1, -0.05) is 267 Å². The number of carbonyl (C=O) groups is 3. The third-order valence-electron chi connectivity index (χ3n) is 13.2. The van der Waals surface area contributed by atoms with Gasteiger partial charge in [-0.2, -0.15) is 0 Å². The fourth-order valence-electron chi connectivity index (χ4n) is 8.64. The molecule has 0 saturated carbocycles. The number of carbonyl (C=O) groups excluding carboxylic acids is 3. The zero-order valence-corrected chi connectivity index (χ0v) is 47.0. The van der Waals surface area contributed by atoms with Crippen molar-refractivity contribution in [3.8, 4) is 0 Å². The van der Waals surface area contributed by atoms with E-state index in [2.05, 4.69) is 93.7 Å². The highest BCUT2D eigenvalue weighted by Gasteiger charge is 2.19. The predicted octanol–water partition coefficient (Wildman–Crippen LogP) is 20.5. The van der Waals surface area contributed by atoms with Gasteiger partial charge < -0.3 is 14.2 Å². The maximum absolute atomic E-state index is 12.8. The molecule has 0 spiro atoms. The first-order valence-corrected chi connectivity index (χ1v) is 30.4. The Bertz CT molecular complexity index is 1320. The van der Waals surface area contributed by atoms with Crippen LogP contribution in [0, 0.1) is 0 Å². The number of unbranched alkanes of at least 4 members (excludes halogenated alkanes) is 32. The number of esters is 3. The molecule has 1 unspecified atom stereocenters. The summed E-state index contributed by atoms with van der Waals surface area (Å²) in [6.07, 6.45) is 76.2. The molecule has 71 heavy (non-hydrogen) atoms. The van der Waals surface area contributed by atoms with Crippen LogP contribution < -0.4 is 0 Å². The van der Waals surface area contributed by atoms with Crippen LogP contribution >= 0.6 is 0 Å². The zero-order chi connectivity index (χ0) is 51.4. The minimum absolute atomic E-state index is 0.0850. The fourth-order valence-corrected chi connectivity index (χ4v) is 8.64. The van der Waals surface area contributed by atoms with Gasteiger partial charge in [0.25, 0.3) is 0 Å². The molecule has 0 N–H and O–H groups in total. The van der Waals surface area contributed by atoms with Gasteiger partial charge in [-0.15, -0.1) is 0 Å². The van der Waals surface area contributed by atoms with Crippen LogP contribution in [0.15, 0.2) is 72.9 Å². The van der Waals surface area contributed by atoms with E-state index in [1.165, 1.54) is 167 Å². The minimum Gasteiger partial charge on any atom is -0.462 e. The summed E-state index contributed by atoms with van der Waals surface area (Å²) in [5.41, 5.74) is 0. The van der Waals surface area contributed by atoms with Gasteiger partial charge >= 0.3 is 17.9 Å². The van der Waals surface area contributed by atoms with Crippen molar-refractivity contribution >= 4 is 17.9 Å². The Balaban J connectivity index is 4.24. The molecule has 0 amide bonds. The van der Waals surface area contributed by atoms with Crippen molar-refractivity contribution in [2.75, 3.05) is 13.2 Å². The van der Waals surface area contributed by atoms with Crippen LogP contribution in [0.2, 0.25) is 0 Å². The summed E-state index contributed by atoms with van der Waals surface area (Å²) in [5, 5.41) is 0. The second kappa shape index (κ2) is 59.4. The summed E-state index contributed by atoms with van der Waals surface area (Å²) in [5.74, 6) is -0.906. The first-order chi connectivity index (χ1) is 35.0. The van der Waals surface area contributed by atoms with E-state index in [4.69, 9.17) is 14.2 Å². The summed E-state index contributed by atoms with van der Waals surface area (Å²) in [7, 11) is 0. The molecule has 6 heteroatoms. The molecule has 0 radical (unpaired) electrons. The third-order valence-corrected chi connectivity index (χ3v) is 13.2. The van der Waals surface area contributed by atoms with Gasteiger partial charge in [-0.05, 0) is 89.9 Å². The van der Waals surface area contributed by atoms with Gasteiger partial charge in [-0.25, -0.2) is 0 Å². The molecule has 6 nitrogen and oxygen atoms in total. The van der Waals surface area contributed by atoms with E-state index >= 15 is 0 Å². The van der Waals surface area contributed by atoms with Crippen molar-refractivity contribution in [3.05, 3.63) is 72.9 Å². The molecule has 0 aliphatic carbocycles. The van der Waals surface area contributed by atoms with Crippen LogP contribution in [0.25, 0.3) is 0 Å². The highest BCUT2D eigenvalue weighted by molar-refractivity contribution is 5.71. The van der Waals surface area contributed by atoms with Crippen LogP contribution in [0.4, 0.5) is 0 Å². The monoisotopic (exact) mass is 991 g/mol. The second-order valence-electron chi connectivity index (χ2n) is 20.2. The van der Waals surface area contributed by atoms with Gasteiger partial charge in [0, 0.05) is 19.3 Å². The number of ether oxygens (including phenoxy) is 3. The van der Waals surface area contributed by atoms with Crippen molar-refractivity contribution in [2.24, 2.45) is 0 Å². The largest absolute Gasteiger partial charge is 0.462 e. The summed E-state index contributed by atoms with van der Waals surface area (Å²) >= 11 is 0. The van der Waals surface area contributed by atoms with Crippen LogP contribution in [0.1, 0.15) is 303 Å². The quantitative estimate of drug-likeness (QED) is 0.0261. The molecule has 0 bridgehead atoms. The van der Waals surface area contributed by atoms with E-state index in [1.807, 2.05) is 0 Å². The molecule has 0 aromatic rings. The highest BCUT2D eigenvalue weighted by Crippen LogP contribution is 2.16. The van der Waals surface area contributed by atoms with Crippen LogP contribution in [0.3, 0.4) is 0 Å². The van der Waals surface area contributed by atoms with E-state index < -0.39 is 6.10 Å². The molecular formula is C65H114O6. The minimum atomic E-state index is -0.789. The predicted molar refractivity (Wildman–Crippen MR) is 307 cm³/mol. The molecule has 0 fully saturated rings. The van der Waals surface area contributed by atoms with Crippen LogP contribution in [0.5, 0.6) is 0 Å². The Labute approximate surface area is 440 Å². The van der Waals surface area contributed by atoms with E-state index in [1.54, 1.807) is 0 Å². The summed E-state index contributed by atoms with van der Waals surface area (Å²) in [6, 6.07) is 0. The lowest BCUT2D eigenvalue weighted by atomic mass is 10.0. The van der Waals surface area contributed by atoms with Gasteiger partial charge in [0.2, 0.25) is 0 Å². The van der Waals surface area contributed by atoms with Crippen molar-refractivity contribution < 1.29 is 28.6 Å². The van der Waals surface area contributed by atoms with Crippen molar-refractivity contribution in [1.82, 2.24) is 0 Å². The molecular weight excluding hydrogens is 877 g/mol. The lowest BCUT2D eigenvalue weighted by Gasteiger charge is -2.18. The Morgan fingerprint density at radius 3 is 0.873 bits per heavy atom. The molecule has 410 valence electrons. The summed E-state index contributed by atoms with van der Waals surface area (Å²) < 4.78 is 16.8. The van der Waals surface area contributed by atoms with Gasteiger partial charge in [0.15, 0.2) is 6.10 Å². The summed E-state index contributed by atoms with van der Waals surface area (Å²) in [6.45, 7) is 6.51. The average molecular weight is 992 g/mol. The van der Waals surface area contributed by atoms with E-state index in [9.17, 15) is 14.4 Å². The summed E-state index contributed by atoms with van der Waals surface area (Å²) in [4.78, 5) is 38.1. The number of hydrogen-bond donors (Lipinski definition) is 0. The zero-order valence-electron chi connectivity index (χ0n) is 47.0. The molecule has 0 aromatic heterocycles. The van der Waals surface area contributed by atoms with Crippen molar-refractivity contribution in [1.29, 1.82) is 0 Å². The number of rotatable bonds is 55. The smallest absolute Gasteiger partial charge is 0.306 e. The molecule has 0 heterocycles. The standard InChI is InChI=1S/C65H114O6/c1-4-7-10-13-16-19-22-25-26-27-28-29-30-31-32-33-34-35-36-37-38-41-43-46-49-52-55-58-64(67)70-61-62(71-65(68)59-56-53-50-47-44-40-24-21-18-15-12-9-6-3)60-69-63(66)57-54-51-48-45-42-39-23-20-17-14-11-8-5-2/h9,12,18,21-22,25,27-28,30-31,40,44,62H,4-8,10-11,13-17,19-20,23-24,26,29,32-39,41-43,45-61H2,1-3H3/b12-9-,21-18-,25-22-,28-27-,31-30-,44-40-. The van der Waals surface area contributed by atoms with E-state index in [0.29, 0.717) is 19.3 Å². The Morgan fingerprint density at radius 1 is 0.296 bits per heavy atom.